The summed E-state index contributed by atoms with van der Waals surface area (Å²) in [6.45, 7) is 1.53. The van der Waals surface area contributed by atoms with Crippen molar-refractivity contribution in [3.8, 4) is 0 Å². The molecule has 0 bridgehead atoms. The molecule has 0 saturated heterocycles. The van der Waals surface area contributed by atoms with Crippen LogP contribution in [0.2, 0.25) is 5.02 Å². The van der Waals surface area contributed by atoms with Crippen LogP contribution in [0.1, 0.15) is 31.2 Å². The van der Waals surface area contributed by atoms with E-state index in [0.717, 1.165) is 45.2 Å². The third-order valence-corrected chi connectivity index (χ3v) is 4.06. The maximum Gasteiger partial charge on any atom is 0.365 e. The largest absolute Gasteiger partial charge is 0.402 e. The number of cyclic esters (lactones) is 1. The number of halogens is 1. The zero-order valence-electron chi connectivity index (χ0n) is 14.2. The van der Waals surface area contributed by atoms with Crippen molar-refractivity contribution < 1.29 is 14.3 Å². The van der Waals surface area contributed by atoms with E-state index in [1.54, 1.807) is 18.3 Å². The Labute approximate surface area is 152 Å². The molecule has 0 unspecified atom stereocenters. The second kappa shape index (κ2) is 9.84. The van der Waals surface area contributed by atoms with Gasteiger partial charge in [-0.05, 0) is 25.0 Å². The number of nitrogens with one attached hydrogen (secondary N) is 1. The Morgan fingerprint density at radius 3 is 2.76 bits per heavy atom. The summed E-state index contributed by atoms with van der Waals surface area (Å²) in [5, 5.41) is 3.14. The summed E-state index contributed by atoms with van der Waals surface area (Å²) >= 11 is 6.11. The summed E-state index contributed by atoms with van der Waals surface area (Å²) in [6.07, 6.45) is 6.51. The average Bonchev–Trinajstić information content (AvgIpc) is 2.95. The molecule has 1 heterocycles. The number of benzene rings is 1. The van der Waals surface area contributed by atoms with Gasteiger partial charge in [0.2, 0.25) is 12.3 Å². The minimum Gasteiger partial charge on any atom is -0.402 e. The van der Waals surface area contributed by atoms with Crippen molar-refractivity contribution in [2.75, 3.05) is 20.1 Å². The fourth-order valence-electron chi connectivity index (χ4n) is 2.42. The molecule has 7 heteroatoms. The van der Waals surface area contributed by atoms with Crippen LogP contribution in [-0.4, -0.2) is 43.3 Å². The first-order chi connectivity index (χ1) is 12.1. The fourth-order valence-corrected chi connectivity index (χ4v) is 2.64. The lowest BCUT2D eigenvalue weighted by Gasteiger charge is -2.13. The van der Waals surface area contributed by atoms with Gasteiger partial charge in [0, 0.05) is 26.3 Å². The molecule has 0 aromatic heterocycles. The first kappa shape index (κ1) is 19.0. The Hall–Kier alpha value is -2.34. The van der Waals surface area contributed by atoms with E-state index in [9.17, 15) is 9.59 Å². The van der Waals surface area contributed by atoms with Gasteiger partial charge in [-0.3, -0.25) is 4.79 Å². The number of hydrogen-bond donors (Lipinski definition) is 1. The topological polar surface area (TPSA) is 71.0 Å². The smallest absolute Gasteiger partial charge is 0.365 e. The molecule has 0 aliphatic carbocycles. The molecule has 1 aliphatic rings. The molecular weight excluding hydrogens is 342 g/mol. The Bertz CT molecular complexity index is 673. The van der Waals surface area contributed by atoms with E-state index in [4.69, 9.17) is 16.3 Å². The van der Waals surface area contributed by atoms with Crippen molar-refractivity contribution in [2.45, 2.75) is 25.7 Å². The van der Waals surface area contributed by atoms with Crippen molar-refractivity contribution in [3.63, 3.8) is 0 Å². The Kier molecular flexibility index (Phi) is 7.47. The molecule has 1 aromatic rings. The molecule has 0 spiro atoms. The lowest BCUT2D eigenvalue weighted by atomic mass is 10.2. The van der Waals surface area contributed by atoms with Crippen molar-refractivity contribution in [3.05, 3.63) is 46.7 Å². The standard InChI is InChI=1S/C18H22ClN3O3/c1-22(11-7-3-2-6-10-20-13-23)12-16-18(24)25-17(21-16)14-8-4-5-9-15(14)19/h4-5,8-9,12-13H,2-3,6-7,10-11H2,1H3,(H,20,23). The molecular formula is C18H22ClN3O3. The number of carbonyl (C=O) groups excluding carboxylic acids is 2. The lowest BCUT2D eigenvalue weighted by Crippen LogP contribution is -2.15. The highest BCUT2D eigenvalue weighted by Crippen LogP contribution is 2.22. The van der Waals surface area contributed by atoms with Crippen LogP contribution in [0.5, 0.6) is 0 Å². The highest BCUT2D eigenvalue weighted by atomic mass is 35.5. The van der Waals surface area contributed by atoms with Crippen LogP contribution in [0.4, 0.5) is 0 Å². The molecule has 1 N–H and O–H groups in total. The predicted octanol–water partition coefficient (Wildman–Crippen LogP) is 2.72. The molecule has 25 heavy (non-hydrogen) atoms. The third kappa shape index (κ3) is 5.90. The number of amides is 1. The van der Waals surface area contributed by atoms with Crippen LogP contribution >= 0.6 is 11.6 Å². The zero-order valence-corrected chi connectivity index (χ0v) is 15.0. The van der Waals surface area contributed by atoms with Gasteiger partial charge in [0.25, 0.3) is 0 Å². The number of aliphatic imine (C=N–C) groups is 1. The van der Waals surface area contributed by atoms with Gasteiger partial charge in [0.05, 0.1) is 10.6 Å². The zero-order chi connectivity index (χ0) is 18.1. The first-order valence-corrected chi connectivity index (χ1v) is 8.64. The fraction of sp³-hybridized carbons (Fsp3) is 0.389. The van der Waals surface area contributed by atoms with E-state index in [2.05, 4.69) is 10.3 Å². The molecule has 1 aromatic carbocycles. The van der Waals surface area contributed by atoms with Crippen LogP contribution in [0.25, 0.3) is 0 Å². The molecule has 6 nitrogen and oxygen atoms in total. The second-order valence-corrected chi connectivity index (χ2v) is 6.17. The summed E-state index contributed by atoms with van der Waals surface area (Å²) in [6, 6.07) is 7.12. The minimum absolute atomic E-state index is 0.234. The number of esters is 1. The van der Waals surface area contributed by atoms with Gasteiger partial charge in [0.1, 0.15) is 0 Å². The maximum atomic E-state index is 12.0. The molecule has 134 valence electrons. The Morgan fingerprint density at radius 1 is 1.24 bits per heavy atom. The van der Waals surface area contributed by atoms with Crippen LogP contribution in [0.15, 0.2) is 41.2 Å². The number of unbranched alkanes of at least 4 members (excludes halogenated alkanes) is 3. The highest BCUT2D eigenvalue weighted by Gasteiger charge is 2.25. The van der Waals surface area contributed by atoms with E-state index in [-0.39, 0.29) is 11.6 Å². The van der Waals surface area contributed by atoms with Crippen LogP contribution in [-0.2, 0) is 14.3 Å². The van der Waals surface area contributed by atoms with Gasteiger partial charge in [-0.1, -0.05) is 36.6 Å². The predicted molar refractivity (Wildman–Crippen MR) is 97.3 cm³/mol. The number of nitrogens with zero attached hydrogens (tertiary/aromatic N) is 2. The Balaban J connectivity index is 1.84. The summed E-state index contributed by atoms with van der Waals surface area (Å²) in [5.74, 6) is -0.236. The van der Waals surface area contributed by atoms with E-state index < -0.39 is 5.97 Å². The van der Waals surface area contributed by atoms with Gasteiger partial charge < -0.3 is 15.0 Å². The van der Waals surface area contributed by atoms with Crippen LogP contribution in [0, 0.1) is 0 Å². The normalized spacial score (nSPS) is 15.0. The number of ether oxygens (including phenoxy) is 1. The number of carbonyl (C=O) groups is 2. The molecule has 1 amide bonds. The van der Waals surface area contributed by atoms with Crippen molar-refractivity contribution in [1.82, 2.24) is 10.2 Å². The molecule has 1 aliphatic heterocycles. The van der Waals surface area contributed by atoms with E-state index in [1.807, 2.05) is 24.1 Å². The molecule has 0 radical (unpaired) electrons. The van der Waals surface area contributed by atoms with E-state index in [1.165, 1.54) is 0 Å². The summed E-state index contributed by atoms with van der Waals surface area (Å²) in [7, 11) is 1.90. The van der Waals surface area contributed by atoms with Crippen molar-refractivity contribution >= 4 is 29.9 Å². The molecule has 0 fully saturated rings. The van der Waals surface area contributed by atoms with Crippen molar-refractivity contribution in [2.24, 2.45) is 4.99 Å². The minimum atomic E-state index is -0.471. The van der Waals surface area contributed by atoms with Gasteiger partial charge >= 0.3 is 5.97 Å². The van der Waals surface area contributed by atoms with Gasteiger partial charge in [-0.2, -0.15) is 0 Å². The highest BCUT2D eigenvalue weighted by molar-refractivity contribution is 6.34. The molecule has 0 atom stereocenters. The van der Waals surface area contributed by atoms with Gasteiger partial charge in [-0.25, -0.2) is 9.79 Å². The Morgan fingerprint density at radius 2 is 2.00 bits per heavy atom. The first-order valence-electron chi connectivity index (χ1n) is 8.26. The quantitative estimate of drug-likeness (QED) is 0.300. The average molecular weight is 364 g/mol. The summed E-state index contributed by atoms with van der Waals surface area (Å²) in [4.78, 5) is 28.3. The number of hydrogen-bond acceptors (Lipinski definition) is 5. The number of rotatable bonds is 10. The molecule has 0 saturated carbocycles. The van der Waals surface area contributed by atoms with Gasteiger partial charge in [0.15, 0.2) is 5.70 Å². The monoisotopic (exact) mass is 363 g/mol. The summed E-state index contributed by atoms with van der Waals surface area (Å²) < 4.78 is 5.22. The van der Waals surface area contributed by atoms with Crippen LogP contribution < -0.4 is 5.32 Å². The van der Waals surface area contributed by atoms with E-state index >= 15 is 0 Å². The summed E-state index contributed by atoms with van der Waals surface area (Å²) in [5.41, 5.74) is 0.875. The third-order valence-electron chi connectivity index (χ3n) is 3.73. The van der Waals surface area contributed by atoms with E-state index in [0.29, 0.717) is 10.6 Å². The van der Waals surface area contributed by atoms with Gasteiger partial charge in [-0.15, -0.1) is 0 Å². The SMILES string of the molecule is CN(C=C1N=C(c2ccccc2Cl)OC1=O)CCCCCCNC=O. The second-order valence-electron chi connectivity index (χ2n) is 5.77. The molecule has 2 rings (SSSR count). The lowest BCUT2D eigenvalue weighted by molar-refractivity contribution is -0.130. The maximum absolute atomic E-state index is 12.0. The van der Waals surface area contributed by atoms with Crippen molar-refractivity contribution in [1.29, 1.82) is 0 Å². The van der Waals surface area contributed by atoms with Crippen LogP contribution in [0.3, 0.4) is 0 Å².